The third kappa shape index (κ3) is 12.2. The number of anilines is 1. The van der Waals surface area contributed by atoms with Crippen LogP contribution in [-0.2, 0) is 27.2 Å². The molecule has 4 rings (SSSR count). The first-order valence-electron chi connectivity index (χ1n) is 16.1. The fourth-order valence-corrected chi connectivity index (χ4v) is 6.69. The topological polar surface area (TPSA) is 127 Å². The van der Waals surface area contributed by atoms with Crippen LogP contribution in [0.5, 0.6) is 0 Å². The van der Waals surface area contributed by atoms with Crippen molar-refractivity contribution in [2.75, 3.05) is 58.4 Å². The van der Waals surface area contributed by atoms with E-state index in [2.05, 4.69) is 39.5 Å². The molecule has 1 fully saturated rings. The molecule has 1 saturated heterocycles. The average molecular weight is 708 g/mol. The number of alkyl halides is 3. The largest absolute Gasteiger partial charge is 0.478 e. The number of piperidine rings is 1. The van der Waals surface area contributed by atoms with E-state index in [0.717, 1.165) is 31.6 Å². The van der Waals surface area contributed by atoms with Gasteiger partial charge in [0, 0.05) is 25.4 Å². The molecule has 268 valence electrons. The van der Waals surface area contributed by atoms with Crippen molar-refractivity contribution in [2.24, 2.45) is 5.92 Å². The number of rotatable bonds is 14. The molecule has 3 N–H and O–H groups in total. The average Bonchev–Trinajstić information content (AvgIpc) is 3.62. The van der Waals surface area contributed by atoms with Crippen molar-refractivity contribution < 1.29 is 42.1 Å². The molecular weight excluding hydrogens is 663 g/mol. The Morgan fingerprint density at radius 3 is 2.59 bits per heavy atom. The molecule has 0 bridgehead atoms. The van der Waals surface area contributed by atoms with Gasteiger partial charge in [0.2, 0.25) is 0 Å². The minimum absolute atomic E-state index is 0.0637. The number of amides is 1. The third-order valence-corrected chi connectivity index (χ3v) is 8.94. The summed E-state index contributed by atoms with van der Waals surface area (Å²) in [6.45, 7) is 9.01. The van der Waals surface area contributed by atoms with Crippen LogP contribution in [0.15, 0.2) is 30.6 Å². The second-order valence-electron chi connectivity index (χ2n) is 12.9. The van der Waals surface area contributed by atoms with Gasteiger partial charge in [-0.3, -0.25) is 4.68 Å². The number of benzene rings is 1. The number of ether oxygens (including phenoxy) is 3. The van der Waals surface area contributed by atoms with Gasteiger partial charge in [-0.2, -0.15) is 18.3 Å². The van der Waals surface area contributed by atoms with Gasteiger partial charge >= 0.3 is 18.2 Å². The summed E-state index contributed by atoms with van der Waals surface area (Å²) in [5, 5.41) is 19.7. The number of aromatic carboxylic acids is 1. The van der Waals surface area contributed by atoms with Crippen LogP contribution in [0.4, 0.5) is 23.7 Å². The summed E-state index contributed by atoms with van der Waals surface area (Å²) in [4.78, 5) is 25.5. The van der Waals surface area contributed by atoms with Crippen LogP contribution in [0.2, 0.25) is 0 Å². The van der Waals surface area contributed by atoms with E-state index in [1.54, 1.807) is 32.9 Å². The van der Waals surface area contributed by atoms with Gasteiger partial charge < -0.3 is 34.9 Å². The minimum atomic E-state index is -4.42. The van der Waals surface area contributed by atoms with Crippen molar-refractivity contribution in [3.63, 3.8) is 0 Å². The molecule has 0 spiro atoms. The number of hydrogen-bond acceptors (Lipinski definition) is 9. The van der Waals surface area contributed by atoms with Gasteiger partial charge in [-0.05, 0) is 70.1 Å². The van der Waals surface area contributed by atoms with Crippen LogP contribution in [-0.4, -0.2) is 103 Å². The minimum Gasteiger partial charge on any atom is -0.478 e. The number of carboxylic acids is 1. The van der Waals surface area contributed by atoms with E-state index >= 15 is 0 Å². The molecule has 1 aromatic carbocycles. The van der Waals surface area contributed by atoms with Crippen molar-refractivity contribution in [2.45, 2.75) is 64.4 Å². The van der Waals surface area contributed by atoms with Gasteiger partial charge in [-0.15, -0.1) is 11.3 Å². The second-order valence-corrected chi connectivity index (χ2v) is 13.9. The number of alkyl carbamates (subject to hydrolysis) is 1. The number of aromatic nitrogens is 2. The van der Waals surface area contributed by atoms with Crippen LogP contribution < -0.4 is 10.6 Å². The smallest absolute Gasteiger partial charge is 0.408 e. The normalized spacial score (nSPS) is 17.0. The molecule has 2 unspecified atom stereocenters. The van der Waals surface area contributed by atoms with Crippen molar-refractivity contribution in [3.8, 4) is 11.8 Å². The monoisotopic (exact) mass is 707 g/mol. The highest BCUT2D eigenvalue weighted by molar-refractivity contribution is 7.20. The van der Waals surface area contributed by atoms with Crippen LogP contribution in [0.25, 0.3) is 10.1 Å². The molecule has 49 heavy (non-hydrogen) atoms. The molecule has 15 heteroatoms. The van der Waals surface area contributed by atoms with Crippen LogP contribution in [0.1, 0.15) is 54.4 Å². The van der Waals surface area contributed by atoms with E-state index in [4.69, 9.17) is 19.3 Å². The molecule has 11 nitrogen and oxygen atoms in total. The standard InChI is InChI=1S/C34H44F3N5O6S/c1-33(2,3)48-32(45)38-12-6-9-29-26(19-34(35,36)37)25-7-5-8-28(30(25)49-29)40-27-10-13-41(4)21-23(27)11-15-46-17-18-47-16-14-42-22-24(20-39-42)31(43)44/h5,7-8,20,22-23,27,40H,10-19,21H2,1-4H3,(H,38,45)(H,43,44). The van der Waals surface area contributed by atoms with Gasteiger partial charge in [-0.1, -0.05) is 24.0 Å². The summed E-state index contributed by atoms with van der Waals surface area (Å²) in [6.07, 6.45) is -1.77. The highest BCUT2D eigenvalue weighted by Gasteiger charge is 2.32. The number of fused-ring (bicyclic) bond motifs is 1. The van der Waals surface area contributed by atoms with E-state index in [1.165, 1.54) is 28.4 Å². The molecule has 3 heterocycles. The lowest BCUT2D eigenvalue weighted by Crippen LogP contribution is -2.45. The number of halogens is 3. The molecule has 0 saturated carbocycles. The Kier molecular flexibility index (Phi) is 13.3. The Hall–Kier alpha value is -3.84. The first kappa shape index (κ1) is 38.0. The molecule has 1 aliphatic heterocycles. The number of likely N-dealkylation sites (tertiary alicyclic amines) is 1. The van der Waals surface area contributed by atoms with Crippen LogP contribution in [0.3, 0.4) is 0 Å². The third-order valence-electron chi connectivity index (χ3n) is 7.75. The van der Waals surface area contributed by atoms with E-state index < -0.39 is 30.3 Å². The Balaban J connectivity index is 1.35. The van der Waals surface area contributed by atoms with Gasteiger partial charge in [0.15, 0.2) is 0 Å². The van der Waals surface area contributed by atoms with Crippen molar-refractivity contribution in [1.29, 1.82) is 0 Å². The fraction of sp³-hybridized carbons (Fsp3) is 0.559. The quantitative estimate of drug-likeness (QED) is 0.144. The van der Waals surface area contributed by atoms with Gasteiger partial charge in [0.05, 0.1) is 66.4 Å². The molecule has 0 aliphatic carbocycles. The lowest BCUT2D eigenvalue weighted by molar-refractivity contribution is -0.127. The van der Waals surface area contributed by atoms with Crippen LogP contribution in [0, 0.1) is 17.8 Å². The fourth-order valence-electron chi connectivity index (χ4n) is 5.52. The summed E-state index contributed by atoms with van der Waals surface area (Å²) in [7, 11) is 2.07. The van der Waals surface area contributed by atoms with E-state index in [-0.39, 0.29) is 29.6 Å². The van der Waals surface area contributed by atoms with Gasteiger partial charge in [-0.25, -0.2) is 9.59 Å². The van der Waals surface area contributed by atoms with Gasteiger partial charge in [0.25, 0.3) is 0 Å². The maximum Gasteiger partial charge on any atom is 0.408 e. The summed E-state index contributed by atoms with van der Waals surface area (Å²) < 4.78 is 60.0. The first-order chi connectivity index (χ1) is 23.2. The summed E-state index contributed by atoms with van der Waals surface area (Å²) in [6, 6.07) is 5.45. The predicted molar refractivity (Wildman–Crippen MR) is 181 cm³/mol. The van der Waals surface area contributed by atoms with Crippen molar-refractivity contribution in [1.82, 2.24) is 20.0 Å². The zero-order valence-electron chi connectivity index (χ0n) is 28.2. The number of nitrogens with zero attached hydrogens (tertiary/aromatic N) is 3. The summed E-state index contributed by atoms with van der Waals surface area (Å²) in [5.74, 6) is 4.87. The lowest BCUT2D eigenvalue weighted by atomic mass is 9.89. The van der Waals surface area contributed by atoms with E-state index in [0.29, 0.717) is 47.9 Å². The zero-order valence-corrected chi connectivity index (χ0v) is 29.0. The highest BCUT2D eigenvalue weighted by Crippen LogP contribution is 2.40. The van der Waals surface area contributed by atoms with Crippen LogP contribution >= 0.6 is 11.3 Å². The maximum atomic E-state index is 13.7. The first-order valence-corrected chi connectivity index (χ1v) is 16.9. The lowest BCUT2D eigenvalue weighted by Gasteiger charge is -2.38. The Morgan fingerprint density at radius 2 is 1.90 bits per heavy atom. The van der Waals surface area contributed by atoms with E-state index in [1.807, 2.05) is 6.07 Å². The molecular formula is C34H44F3N5O6S. The number of nitrogens with one attached hydrogen (secondary N) is 2. The predicted octanol–water partition coefficient (Wildman–Crippen LogP) is 5.63. The Morgan fingerprint density at radius 1 is 1.14 bits per heavy atom. The molecule has 2 aromatic heterocycles. The molecule has 0 radical (unpaired) electrons. The number of carbonyl (C=O) groups is 2. The second kappa shape index (κ2) is 17.2. The summed E-state index contributed by atoms with van der Waals surface area (Å²) in [5.41, 5.74) is 0.351. The Bertz CT molecular complexity index is 1620. The summed E-state index contributed by atoms with van der Waals surface area (Å²) >= 11 is 1.22. The van der Waals surface area contributed by atoms with Crippen molar-refractivity contribution >= 4 is 39.2 Å². The molecule has 1 aliphatic rings. The van der Waals surface area contributed by atoms with Gasteiger partial charge in [0.1, 0.15) is 5.60 Å². The number of carbonyl (C=O) groups excluding carboxylic acids is 1. The molecule has 1 amide bonds. The van der Waals surface area contributed by atoms with E-state index in [9.17, 15) is 22.8 Å². The maximum absolute atomic E-state index is 13.7. The highest BCUT2D eigenvalue weighted by atomic mass is 32.1. The number of hydrogen-bond donors (Lipinski definition) is 3. The zero-order chi connectivity index (χ0) is 35.6. The Labute approximate surface area is 288 Å². The number of thiophene rings is 1. The SMILES string of the molecule is CN1CCC(Nc2cccc3c(CC(F)(F)F)c(C#CCNC(=O)OC(C)(C)C)sc23)C(CCOCCOCCn2cc(C(=O)O)cn2)C1. The van der Waals surface area contributed by atoms with Crippen molar-refractivity contribution in [3.05, 3.63) is 46.6 Å². The molecule has 2 atom stereocenters. The number of carboxylic acid groups (broad SMARTS) is 1. The molecule has 3 aromatic rings.